The summed E-state index contributed by atoms with van der Waals surface area (Å²) in [6, 6.07) is 6.82. The molecule has 1 aromatic carbocycles. The number of hydrogen-bond donors (Lipinski definition) is 1. The van der Waals surface area contributed by atoms with Gasteiger partial charge in [0.15, 0.2) is 0 Å². The Morgan fingerprint density at radius 1 is 1.24 bits per heavy atom. The Bertz CT molecular complexity index is 815. The smallest absolute Gasteiger partial charge is 0.325 e. The second-order valence-electron chi connectivity index (χ2n) is 6.14. The summed E-state index contributed by atoms with van der Waals surface area (Å²) >= 11 is 0. The van der Waals surface area contributed by atoms with Crippen molar-refractivity contribution >= 4 is 11.9 Å². The molecule has 1 aromatic heterocycles. The molecule has 1 aliphatic rings. The van der Waals surface area contributed by atoms with Gasteiger partial charge in [0, 0.05) is 5.56 Å². The number of ether oxygens (including phenoxy) is 1. The Labute approximate surface area is 144 Å². The lowest BCUT2D eigenvalue weighted by molar-refractivity contribution is -0.131. The normalized spacial score (nSPS) is 20.1. The van der Waals surface area contributed by atoms with Crippen molar-refractivity contribution in [3.05, 3.63) is 53.2 Å². The highest BCUT2D eigenvalue weighted by atomic mass is 19.1. The van der Waals surface area contributed by atoms with Gasteiger partial charge < -0.3 is 14.5 Å². The van der Waals surface area contributed by atoms with Gasteiger partial charge in [-0.05, 0) is 51.1 Å². The average Bonchev–Trinajstić information content (AvgIpc) is 3.01. The molecule has 25 heavy (non-hydrogen) atoms. The SMILES string of the molecule is Cc1cc(C2(C)NC(=O)N(CCOc3ccc(F)cc3)C2=O)c(C)o1. The number of aryl methyl sites for hydroxylation is 2. The number of benzene rings is 1. The average molecular weight is 346 g/mol. The third-order valence-electron chi connectivity index (χ3n) is 4.25. The number of amides is 3. The Hall–Kier alpha value is -2.83. The van der Waals surface area contributed by atoms with E-state index < -0.39 is 11.6 Å². The van der Waals surface area contributed by atoms with Crippen molar-refractivity contribution in [2.45, 2.75) is 26.3 Å². The van der Waals surface area contributed by atoms with Crippen LogP contribution in [0.15, 0.2) is 34.7 Å². The quantitative estimate of drug-likeness (QED) is 0.845. The van der Waals surface area contributed by atoms with Gasteiger partial charge in [-0.2, -0.15) is 0 Å². The van der Waals surface area contributed by atoms with Crippen molar-refractivity contribution < 1.29 is 23.1 Å². The Morgan fingerprint density at radius 3 is 2.52 bits per heavy atom. The minimum atomic E-state index is -1.16. The predicted molar refractivity (Wildman–Crippen MR) is 87.7 cm³/mol. The molecule has 0 bridgehead atoms. The summed E-state index contributed by atoms with van der Waals surface area (Å²) < 4.78 is 23.8. The number of rotatable bonds is 5. The zero-order valence-electron chi connectivity index (χ0n) is 14.3. The van der Waals surface area contributed by atoms with Crippen LogP contribution in [0.2, 0.25) is 0 Å². The number of carbonyl (C=O) groups is 2. The van der Waals surface area contributed by atoms with Crippen LogP contribution < -0.4 is 10.1 Å². The topological polar surface area (TPSA) is 71.8 Å². The Morgan fingerprint density at radius 2 is 1.92 bits per heavy atom. The lowest BCUT2D eigenvalue weighted by Crippen LogP contribution is -2.41. The van der Waals surface area contributed by atoms with Gasteiger partial charge in [0.1, 0.15) is 35.2 Å². The van der Waals surface area contributed by atoms with E-state index in [0.717, 1.165) is 4.90 Å². The monoisotopic (exact) mass is 346 g/mol. The lowest BCUT2D eigenvalue weighted by atomic mass is 9.92. The van der Waals surface area contributed by atoms with Crippen LogP contribution in [0, 0.1) is 19.7 Å². The van der Waals surface area contributed by atoms with Crippen LogP contribution >= 0.6 is 0 Å². The van der Waals surface area contributed by atoms with Crippen molar-refractivity contribution in [1.29, 1.82) is 0 Å². The van der Waals surface area contributed by atoms with E-state index in [1.165, 1.54) is 24.3 Å². The van der Waals surface area contributed by atoms with Crippen molar-refractivity contribution in [1.82, 2.24) is 10.2 Å². The molecule has 6 nitrogen and oxygen atoms in total. The molecule has 0 saturated carbocycles. The first kappa shape index (κ1) is 17.0. The molecule has 0 aliphatic carbocycles. The third kappa shape index (κ3) is 3.09. The predicted octanol–water partition coefficient (Wildman–Crippen LogP) is 2.88. The number of nitrogens with zero attached hydrogens (tertiary/aromatic N) is 1. The summed E-state index contributed by atoms with van der Waals surface area (Å²) in [6.45, 7) is 5.41. The number of hydrogen-bond acceptors (Lipinski definition) is 4. The summed E-state index contributed by atoms with van der Waals surface area (Å²) in [6.07, 6.45) is 0. The van der Waals surface area contributed by atoms with E-state index in [4.69, 9.17) is 9.15 Å². The van der Waals surface area contributed by atoms with Gasteiger partial charge in [-0.1, -0.05) is 0 Å². The van der Waals surface area contributed by atoms with Gasteiger partial charge in [0.2, 0.25) is 0 Å². The maximum atomic E-state index is 12.9. The molecule has 2 heterocycles. The van der Waals surface area contributed by atoms with Crippen LogP contribution in [0.5, 0.6) is 5.75 Å². The summed E-state index contributed by atoms with van der Waals surface area (Å²) in [5.41, 5.74) is -0.514. The first-order chi connectivity index (χ1) is 11.8. The minimum Gasteiger partial charge on any atom is -0.492 e. The van der Waals surface area contributed by atoms with Gasteiger partial charge in [-0.3, -0.25) is 9.69 Å². The zero-order valence-corrected chi connectivity index (χ0v) is 14.3. The molecular formula is C18H19FN2O4. The van der Waals surface area contributed by atoms with Crippen LogP contribution in [-0.2, 0) is 10.3 Å². The van der Waals surface area contributed by atoms with Gasteiger partial charge in [0.25, 0.3) is 5.91 Å². The summed E-state index contributed by atoms with van der Waals surface area (Å²) in [5.74, 6) is 1.02. The van der Waals surface area contributed by atoms with Crippen molar-refractivity contribution in [3.8, 4) is 5.75 Å². The molecule has 0 radical (unpaired) electrons. The van der Waals surface area contributed by atoms with Gasteiger partial charge in [0.05, 0.1) is 6.54 Å². The maximum Gasteiger partial charge on any atom is 0.325 e. The van der Waals surface area contributed by atoms with E-state index in [1.54, 1.807) is 26.8 Å². The van der Waals surface area contributed by atoms with Crippen molar-refractivity contribution in [2.75, 3.05) is 13.2 Å². The van der Waals surface area contributed by atoms with Gasteiger partial charge >= 0.3 is 6.03 Å². The van der Waals surface area contributed by atoms with Crippen LogP contribution in [0.4, 0.5) is 9.18 Å². The van der Waals surface area contributed by atoms with E-state index >= 15 is 0 Å². The molecule has 1 saturated heterocycles. The second kappa shape index (κ2) is 6.23. The molecule has 3 amide bonds. The molecule has 3 rings (SSSR count). The van der Waals surface area contributed by atoms with Crippen LogP contribution in [-0.4, -0.2) is 30.0 Å². The largest absolute Gasteiger partial charge is 0.492 e. The number of carbonyl (C=O) groups excluding carboxylic acids is 2. The van der Waals surface area contributed by atoms with E-state index in [0.29, 0.717) is 22.8 Å². The molecule has 1 atom stereocenters. The molecule has 1 fully saturated rings. The highest BCUT2D eigenvalue weighted by Crippen LogP contribution is 2.32. The van der Waals surface area contributed by atoms with E-state index in [2.05, 4.69) is 5.32 Å². The Balaban J connectivity index is 1.69. The van der Waals surface area contributed by atoms with E-state index in [9.17, 15) is 14.0 Å². The number of nitrogens with one attached hydrogen (secondary N) is 1. The molecule has 132 valence electrons. The van der Waals surface area contributed by atoms with Gasteiger partial charge in [-0.25, -0.2) is 9.18 Å². The highest BCUT2D eigenvalue weighted by molar-refractivity contribution is 6.07. The number of urea groups is 1. The van der Waals surface area contributed by atoms with Crippen LogP contribution in [0.1, 0.15) is 24.0 Å². The molecule has 1 N–H and O–H groups in total. The molecule has 1 unspecified atom stereocenters. The lowest BCUT2D eigenvalue weighted by Gasteiger charge is -2.21. The second-order valence-corrected chi connectivity index (χ2v) is 6.14. The summed E-state index contributed by atoms with van der Waals surface area (Å²) in [7, 11) is 0. The van der Waals surface area contributed by atoms with E-state index in [1.807, 2.05) is 0 Å². The van der Waals surface area contributed by atoms with Crippen molar-refractivity contribution in [2.24, 2.45) is 0 Å². The summed E-state index contributed by atoms with van der Waals surface area (Å²) in [5, 5.41) is 2.73. The molecule has 2 aromatic rings. The van der Waals surface area contributed by atoms with Gasteiger partial charge in [-0.15, -0.1) is 0 Å². The van der Waals surface area contributed by atoms with Crippen LogP contribution in [0.3, 0.4) is 0 Å². The molecule has 0 spiro atoms. The minimum absolute atomic E-state index is 0.0908. The zero-order chi connectivity index (χ0) is 18.2. The maximum absolute atomic E-state index is 12.9. The fourth-order valence-corrected chi connectivity index (χ4v) is 3.00. The van der Waals surface area contributed by atoms with Crippen LogP contribution in [0.25, 0.3) is 0 Å². The number of imide groups is 1. The van der Waals surface area contributed by atoms with E-state index in [-0.39, 0.29) is 24.9 Å². The van der Waals surface area contributed by atoms with Crippen molar-refractivity contribution in [3.63, 3.8) is 0 Å². The summed E-state index contributed by atoms with van der Waals surface area (Å²) in [4.78, 5) is 26.1. The molecule has 7 heteroatoms. The first-order valence-electron chi connectivity index (χ1n) is 7.91. The molecular weight excluding hydrogens is 327 g/mol. The number of furan rings is 1. The standard InChI is InChI=1S/C18H19FN2O4/c1-11-10-15(12(2)25-11)18(3)16(22)21(17(23)20-18)8-9-24-14-6-4-13(19)5-7-14/h4-7,10H,8-9H2,1-3H3,(H,20,23). The highest BCUT2D eigenvalue weighted by Gasteiger charge is 2.50. The first-order valence-corrected chi connectivity index (χ1v) is 7.91. The fraction of sp³-hybridized carbons (Fsp3) is 0.333. The third-order valence-corrected chi connectivity index (χ3v) is 4.25. The Kier molecular flexibility index (Phi) is 4.24. The number of halogens is 1. The molecule has 1 aliphatic heterocycles. The fourth-order valence-electron chi connectivity index (χ4n) is 3.00.